The largest absolute Gasteiger partial charge is 0.366 e. The normalized spacial score (nSPS) is 27.2. The smallest absolute Gasteiger partial charge is 0.226 e. The third-order valence-electron chi connectivity index (χ3n) is 4.15. The molecule has 2 aliphatic rings. The predicted octanol–water partition coefficient (Wildman–Crippen LogP) is 2.95. The number of carbonyl (C=O) groups is 1. The average molecular weight is 332 g/mol. The summed E-state index contributed by atoms with van der Waals surface area (Å²) >= 11 is 3.26. The Morgan fingerprint density at radius 3 is 3.05 bits per heavy atom. The van der Waals surface area contributed by atoms with Crippen molar-refractivity contribution in [3.05, 3.63) is 51.1 Å². The SMILES string of the molecule is O=C(N[C@@H](Cc1ccsc1)c1nccs1)[C@@H]1C[C@H]2C=C[C@H]1O2. The Morgan fingerprint density at radius 2 is 2.41 bits per heavy atom. The first-order valence-corrected chi connectivity index (χ1v) is 9.16. The molecule has 0 aliphatic carbocycles. The van der Waals surface area contributed by atoms with Crippen LogP contribution in [0.15, 0.2) is 40.6 Å². The van der Waals surface area contributed by atoms with Crippen LogP contribution >= 0.6 is 22.7 Å². The Labute approximate surface area is 136 Å². The van der Waals surface area contributed by atoms with Gasteiger partial charge in [0.25, 0.3) is 0 Å². The molecule has 6 heteroatoms. The molecule has 4 rings (SSSR count). The summed E-state index contributed by atoms with van der Waals surface area (Å²) in [5.74, 6) is 0.00668. The fourth-order valence-electron chi connectivity index (χ4n) is 3.06. The zero-order valence-corrected chi connectivity index (χ0v) is 13.5. The van der Waals surface area contributed by atoms with Gasteiger partial charge in [0, 0.05) is 18.0 Å². The zero-order valence-electron chi connectivity index (χ0n) is 11.8. The quantitative estimate of drug-likeness (QED) is 0.857. The molecule has 1 N–H and O–H groups in total. The maximum Gasteiger partial charge on any atom is 0.226 e. The van der Waals surface area contributed by atoms with Gasteiger partial charge >= 0.3 is 0 Å². The number of amides is 1. The van der Waals surface area contributed by atoms with Gasteiger partial charge in [-0.15, -0.1) is 11.3 Å². The molecule has 2 aromatic heterocycles. The van der Waals surface area contributed by atoms with Gasteiger partial charge in [0.2, 0.25) is 5.91 Å². The van der Waals surface area contributed by atoms with Crippen LogP contribution in [-0.4, -0.2) is 23.1 Å². The van der Waals surface area contributed by atoms with E-state index >= 15 is 0 Å². The first-order valence-electron chi connectivity index (χ1n) is 7.34. The lowest BCUT2D eigenvalue weighted by Gasteiger charge is -2.21. The van der Waals surface area contributed by atoms with Crippen LogP contribution in [0.1, 0.15) is 23.0 Å². The minimum absolute atomic E-state index is 0.0527. The molecule has 0 spiro atoms. The van der Waals surface area contributed by atoms with Crippen LogP contribution < -0.4 is 5.32 Å². The number of fused-ring (bicyclic) bond motifs is 2. The fraction of sp³-hybridized carbons (Fsp3) is 0.375. The van der Waals surface area contributed by atoms with E-state index in [1.807, 2.05) is 11.5 Å². The highest BCUT2D eigenvalue weighted by Crippen LogP contribution is 2.34. The molecule has 2 bridgehead atoms. The fourth-order valence-corrected chi connectivity index (χ4v) is 4.43. The van der Waals surface area contributed by atoms with Crippen LogP contribution in [-0.2, 0) is 16.0 Å². The summed E-state index contributed by atoms with van der Waals surface area (Å²) in [4.78, 5) is 17.0. The molecule has 0 saturated carbocycles. The van der Waals surface area contributed by atoms with Crippen molar-refractivity contribution >= 4 is 28.6 Å². The van der Waals surface area contributed by atoms with E-state index in [1.165, 1.54) is 5.56 Å². The van der Waals surface area contributed by atoms with Crippen LogP contribution in [0.4, 0.5) is 0 Å². The molecule has 4 atom stereocenters. The van der Waals surface area contributed by atoms with Crippen LogP contribution in [0, 0.1) is 5.92 Å². The number of thiophene rings is 1. The molecular formula is C16H16N2O2S2. The summed E-state index contributed by atoms with van der Waals surface area (Å²) in [5, 5.41) is 10.3. The monoisotopic (exact) mass is 332 g/mol. The lowest BCUT2D eigenvalue weighted by Crippen LogP contribution is -2.38. The van der Waals surface area contributed by atoms with Gasteiger partial charge in [-0.25, -0.2) is 4.98 Å². The Morgan fingerprint density at radius 1 is 1.45 bits per heavy atom. The molecule has 4 heterocycles. The van der Waals surface area contributed by atoms with Gasteiger partial charge in [-0.05, 0) is 28.8 Å². The summed E-state index contributed by atoms with van der Waals surface area (Å²) in [6.45, 7) is 0. The molecule has 0 aromatic carbocycles. The van der Waals surface area contributed by atoms with Gasteiger partial charge in [-0.1, -0.05) is 12.2 Å². The van der Waals surface area contributed by atoms with Gasteiger partial charge in [-0.3, -0.25) is 4.79 Å². The highest BCUT2D eigenvalue weighted by Gasteiger charge is 2.41. The van der Waals surface area contributed by atoms with Crippen LogP contribution in [0.3, 0.4) is 0 Å². The third kappa shape index (κ3) is 2.74. The van der Waals surface area contributed by atoms with Gasteiger partial charge < -0.3 is 10.1 Å². The molecular weight excluding hydrogens is 316 g/mol. The van der Waals surface area contributed by atoms with Crippen molar-refractivity contribution < 1.29 is 9.53 Å². The molecule has 2 aromatic rings. The Kier molecular flexibility index (Phi) is 3.82. The van der Waals surface area contributed by atoms with Crippen molar-refractivity contribution in [2.24, 2.45) is 5.92 Å². The van der Waals surface area contributed by atoms with E-state index in [1.54, 1.807) is 28.9 Å². The van der Waals surface area contributed by atoms with Crippen molar-refractivity contribution in [2.75, 3.05) is 0 Å². The molecule has 4 nitrogen and oxygen atoms in total. The van der Waals surface area contributed by atoms with Gasteiger partial charge in [0.1, 0.15) is 5.01 Å². The lowest BCUT2D eigenvalue weighted by atomic mass is 9.93. The number of hydrogen-bond donors (Lipinski definition) is 1. The van der Waals surface area contributed by atoms with Crippen LogP contribution in [0.2, 0.25) is 0 Å². The van der Waals surface area contributed by atoms with Crippen molar-refractivity contribution in [1.29, 1.82) is 0 Å². The third-order valence-corrected chi connectivity index (χ3v) is 5.77. The number of nitrogens with zero attached hydrogens (tertiary/aromatic N) is 1. The van der Waals surface area contributed by atoms with E-state index in [2.05, 4.69) is 33.2 Å². The summed E-state index contributed by atoms with van der Waals surface area (Å²) in [6.07, 6.45) is 7.49. The first-order chi connectivity index (χ1) is 10.8. The second-order valence-corrected chi connectivity index (χ2v) is 7.34. The molecule has 1 amide bonds. The number of nitrogens with one attached hydrogen (secondary N) is 1. The lowest BCUT2D eigenvalue weighted by molar-refractivity contribution is -0.126. The van der Waals surface area contributed by atoms with Crippen LogP contribution in [0.25, 0.3) is 0 Å². The minimum Gasteiger partial charge on any atom is -0.366 e. The highest BCUT2D eigenvalue weighted by atomic mass is 32.1. The first kappa shape index (κ1) is 14.1. The number of aromatic nitrogens is 1. The number of hydrogen-bond acceptors (Lipinski definition) is 5. The molecule has 22 heavy (non-hydrogen) atoms. The molecule has 2 aliphatic heterocycles. The molecule has 1 fully saturated rings. The van der Waals surface area contributed by atoms with Crippen molar-refractivity contribution in [1.82, 2.24) is 10.3 Å². The van der Waals surface area contributed by atoms with Crippen molar-refractivity contribution in [3.63, 3.8) is 0 Å². The van der Waals surface area contributed by atoms with E-state index in [4.69, 9.17) is 4.74 Å². The average Bonchev–Trinajstić information content (AvgIpc) is 3.28. The maximum absolute atomic E-state index is 12.6. The summed E-state index contributed by atoms with van der Waals surface area (Å²) in [5.41, 5.74) is 1.23. The molecule has 1 saturated heterocycles. The number of carbonyl (C=O) groups excluding carboxylic acids is 1. The Balaban J connectivity index is 1.49. The van der Waals surface area contributed by atoms with E-state index in [-0.39, 0.29) is 30.1 Å². The summed E-state index contributed by atoms with van der Waals surface area (Å²) in [6, 6.07) is 2.03. The Bertz CT molecular complexity index is 666. The standard InChI is InChI=1S/C16H16N2O2S2/c19-15(12-8-11-1-2-14(12)20-11)18-13(16-17-4-6-22-16)7-10-3-5-21-9-10/h1-6,9,11-14H,7-8H2,(H,18,19)/t11-,12-,13+,14-/m1/s1. The van der Waals surface area contributed by atoms with E-state index in [0.717, 1.165) is 17.8 Å². The van der Waals surface area contributed by atoms with Crippen LogP contribution in [0.5, 0.6) is 0 Å². The molecule has 114 valence electrons. The number of rotatable bonds is 5. The van der Waals surface area contributed by atoms with E-state index < -0.39 is 0 Å². The number of thiazole rings is 1. The van der Waals surface area contributed by atoms with Crippen molar-refractivity contribution in [3.8, 4) is 0 Å². The second-order valence-electron chi connectivity index (χ2n) is 5.63. The Hall–Kier alpha value is -1.50. The van der Waals surface area contributed by atoms with Gasteiger partial charge in [-0.2, -0.15) is 11.3 Å². The molecule has 0 radical (unpaired) electrons. The van der Waals surface area contributed by atoms with Gasteiger partial charge in [0.15, 0.2) is 0 Å². The van der Waals surface area contributed by atoms with Crippen molar-refractivity contribution in [2.45, 2.75) is 31.1 Å². The van der Waals surface area contributed by atoms with Gasteiger partial charge in [0.05, 0.1) is 24.2 Å². The molecule has 0 unspecified atom stereocenters. The zero-order chi connectivity index (χ0) is 14.9. The number of ether oxygens (including phenoxy) is 1. The summed E-state index contributed by atoms with van der Waals surface area (Å²) < 4.78 is 5.70. The van der Waals surface area contributed by atoms with E-state index in [0.29, 0.717) is 0 Å². The topological polar surface area (TPSA) is 51.2 Å². The predicted molar refractivity (Wildman–Crippen MR) is 86.9 cm³/mol. The highest BCUT2D eigenvalue weighted by molar-refractivity contribution is 7.09. The summed E-state index contributed by atoms with van der Waals surface area (Å²) in [7, 11) is 0. The van der Waals surface area contributed by atoms with E-state index in [9.17, 15) is 4.79 Å². The second kappa shape index (κ2) is 5.95. The minimum atomic E-state index is -0.0695. The maximum atomic E-state index is 12.6.